The Kier molecular flexibility index (Phi) is 4.70. The Morgan fingerprint density at radius 3 is 2.30 bits per heavy atom. The van der Waals surface area contributed by atoms with Gasteiger partial charge in [-0.2, -0.15) is 0 Å². The van der Waals surface area contributed by atoms with Gasteiger partial charge in [-0.3, -0.25) is 4.79 Å². The molecule has 0 bridgehead atoms. The number of aryl methyl sites for hydroxylation is 3. The van der Waals surface area contributed by atoms with Gasteiger partial charge in [-0.25, -0.2) is 0 Å². The van der Waals surface area contributed by atoms with Gasteiger partial charge in [-0.1, -0.05) is 42.0 Å². The van der Waals surface area contributed by atoms with Gasteiger partial charge in [0.05, 0.1) is 6.54 Å². The first-order valence-electron chi connectivity index (χ1n) is 6.93. The van der Waals surface area contributed by atoms with Gasteiger partial charge in [0.15, 0.2) is 5.78 Å². The molecule has 0 unspecified atom stereocenters. The highest BCUT2D eigenvalue weighted by Crippen LogP contribution is 2.10. The Morgan fingerprint density at radius 1 is 0.950 bits per heavy atom. The number of carbonyl (C=O) groups excluding carboxylic acids is 1. The molecular formula is C18H21NO. The van der Waals surface area contributed by atoms with Crippen LogP contribution in [0.25, 0.3) is 0 Å². The van der Waals surface area contributed by atoms with Crippen molar-refractivity contribution in [2.45, 2.75) is 27.3 Å². The number of rotatable bonds is 5. The lowest BCUT2D eigenvalue weighted by Crippen LogP contribution is -2.22. The summed E-state index contributed by atoms with van der Waals surface area (Å²) in [4.78, 5) is 12.1. The summed E-state index contributed by atoms with van der Waals surface area (Å²) in [7, 11) is 0. The fourth-order valence-electron chi connectivity index (χ4n) is 2.04. The Balaban J connectivity index is 1.88. The van der Waals surface area contributed by atoms with E-state index in [9.17, 15) is 4.79 Å². The first-order valence-corrected chi connectivity index (χ1v) is 6.93. The number of hydrogen-bond donors (Lipinski definition) is 1. The molecule has 0 aliphatic heterocycles. The van der Waals surface area contributed by atoms with E-state index in [1.807, 2.05) is 25.1 Å². The third-order valence-corrected chi connectivity index (χ3v) is 3.56. The van der Waals surface area contributed by atoms with Crippen LogP contribution in [-0.4, -0.2) is 12.3 Å². The number of nitrogens with one attached hydrogen (secondary N) is 1. The standard InChI is InChI=1S/C18H21NO/c1-13-4-7-16(8-5-13)11-19-12-18(20)17-9-6-14(2)15(3)10-17/h4-10,19H,11-12H2,1-3H3. The average molecular weight is 267 g/mol. The summed E-state index contributed by atoms with van der Waals surface area (Å²) in [5.41, 5.74) is 5.61. The molecule has 0 aromatic heterocycles. The SMILES string of the molecule is Cc1ccc(CNCC(=O)c2ccc(C)c(C)c2)cc1. The summed E-state index contributed by atoms with van der Waals surface area (Å²) < 4.78 is 0. The topological polar surface area (TPSA) is 29.1 Å². The van der Waals surface area contributed by atoms with E-state index in [1.165, 1.54) is 16.7 Å². The van der Waals surface area contributed by atoms with Gasteiger partial charge in [-0.05, 0) is 43.5 Å². The van der Waals surface area contributed by atoms with Crippen molar-refractivity contribution in [1.29, 1.82) is 0 Å². The van der Waals surface area contributed by atoms with Crippen molar-refractivity contribution < 1.29 is 4.79 Å². The highest BCUT2D eigenvalue weighted by molar-refractivity contribution is 5.97. The Labute approximate surface area is 120 Å². The molecule has 2 heteroatoms. The highest BCUT2D eigenvalue weighted by Gasteiger charge is 2.06. The van der Waals surface area contributed by atoms with Crippen LogP contribution in [0.2, 0.25) is 0 Å². The van der Waals surface area contributed by atoms with Crippen molar-refractivity contribution in [2.75, 3.05) is 6.54 Å². The molecule has 2 aromatic carbocycles. The minimum atomic E-state index is 0.139. The maximum absolute atomic E-state index is 12.1. The maximum Gasteiger partial charge on any atom is 0.176 e. The number of hydrogen-bond acceptors (Lipinski definition) is 2. The van der Waals surface area contributed by atoms with E-state index in [0.29, 0.717) is 6.54 Å². The molecule has 2 aromatic rings. The summed E-state index contributed by atoms with van der Waals surface area (Å²) in [6.07, 6.45) is 0. The van der Waals surface area contributed by atoms with Gasteiger partial charge in [0, 0.05) is 12.1 Å². The van der Waals surface area contributed by atoms with Crippen molar-refractivity contribution >= 4 is 5.78 Å². The molecule has 0 fully saturated rings. The fourth-order valence-corrected chi connectivity index (χ4v) is 2.04. The summed E-state index contributed by atoms with van der Waals surface area (Å²) in [5.74, 6) is 0.139. The lowest BCUT2D eigenvalue weighted by Gasteiger charge is -2.07. The molecule has 1 N–H and O–H groups in total. The predicted molar refractivity (Wildman–Crippen MR) is 83.1 cm³/mol. The lowest BCUT2D eigenvalue weighted by atomic mass is 10.0. The average Bonchev–Trinajstić information content (AvgIpc) is 2.44. The highest BCUT2D eigenvalue weighted by atomic mass is 16.1. The zero-order valence-electron chi connectivity index (χ0n) is 12.4. The monoisotopic (exact) mass is 267 g/mol. The van der Waals surface area contributed by atoms with Gasteiger partial charge in [0.1, 0.15) is 0 Å². The normalized spacial score (nSPS) is 10.6. The molecule has 0 aliphatic carbocycles. The lowest BCUT2D eigenvalue weighted by molar-refractivity contribution is 0.0990. The predicted octanol–water partition coefficient (Wildman–Crippen LogP) is 3.58. The summed E-state index contributed by atoms with van der Waals surface area (Å²) in [6.45, 7) is 7.25. The van der Waals surface area contributed by atoms with Gasteiger partial charge in [-0.15, -0.1) is 0 Å². The largest absolute Gasteiger partial charge is 0.306 e. The first kappa shape index (κ1) is 14.5. The van der Waals surface area contributed by atoms with Crippen molar-refractivity contribution in [3.8, 4) is 0 Å². The molecule has 104 valence electrons. The molecule has 0 spiro atoms. The minimum Gasteiger partial charge on any atom is -0.306 e. The quantitative estimate of drug-likeness (QED) is 0.839. The van der Waals surface area contributed by atoms with Crippen molar-refractivity contribution in [2.24, 2.45) is 0 Å². The third-order valence-electron chi connectivity index (χ3n) is 3.56. The second kappa shape index (κ2) is 6.49. The Morgan fingerprint density at radius 2 is 1.65 bits per heavy atom. The summed E-state index contributed by atoms with van der Waals surface area (Å²) in [5, 5.41) is 3.20. The molecule has 0 aliphatic rings. The minimum absolute atomic E-state index is 0.139. The van der Waals surface area contributed by atoms with E-state index in [4.69, 9.17) is 0 Å². The van der Waals surface area contributed by atoms with Gasteiger partial charge in [0.25, 0.3) is 0 Å². The van der Waals surface area contributed by atoms with Crippen LogP contribution in [0.5, 0.6) is 0 Å². The molecule has 0 radical (unpaired) electrons. The van der Waals surface area contributed by atoms with Crippen LogP contribution >= 0.6 is 0 Å². The van der Waals surface area contributed by atoms with E-state index in [0.717, 1.165) is 17.7 Å². The van der Waals surface area contributed by atoms with Gasteiger partial charge < -0.3 is 5.32 Å². The van der Waals surface area contributed by atoms with Crippen molar-refractivity contribution in [1.82, 2.24) is 5.32 Å². The molecule has 2 nitrogen and oxygen atoms in total. The summed E-state index contributed by atoms with van der Waals surface area (Å²) in [6, 6.07) is 14.2. The molecule has 20 heavy (non-hydrogen) atoms. The Bertz CT molecular complexity index is 599. The second-order valence-corrected chi connectivity index (χ2v) is 5.31. The third kappa shape index (κ3) is 3.78. The molecule has 0 heterocycles. The molecule has 0 atom stereocenters. The Hall–Kier alpha value is -1.93. The first-order chi connectivity index (χ1) is 9.56. The zero-order chi connectivity index (χ0) is 14.5. The van der Waals surface area contributed by atoms with Gasteiger partial charge in [0.2, 0.25) is 0 Å². The van der Waals surface area contributed by atoms with E-state index in [1.54, 1.807) is 0 Å². The van der Waals surface area contributed by atoms with Gasteiger partial charge >= 0.3 is 0 Å². The number of carbonyl (C=O) groups is 1. The van der Waals surface area contributed by atoms with Crippen LogP contribution in [0, 0.1) is 20.8 Å². The molecule has 0 saturated heterocycles. The van der Waals surface area contributed by atoms with Crippen molar-refractivity contribution in [3.05, 3.63) is 70.3 Å². The zero-order valence-corrected chi connectivity index (χ0v) is 12.4. The van der Waals surface area contributed by atoms with Crippen LogP contribution in [0.1, 0.15) is 32.6 Å². The molecule has 0 saturated carbocycles. The molecule has 2 rings (SSSR count). The van der Waals surface area contributed by atoms with E-state index in [2.05, 4.69) is 43.4 Å². The van der Waals surface area contributed by atoms with E-state index in [-0.39, 0.29) is 5.78 Å². The van der Waals surface area contributed by atoms with E-state index >= 15 is 0 Å². The number of benzene rings is 2. The van der Waals surface area contributed by atoms with Crippen LogP contribution in [-0.2, 0) is 6.54 Å². The smallest absolute Gasteiger partial charge is 0.176 e. The molecular weight excluding hydrogens is 246 g/mol. The second-order valence-electron chi connectivity index (χ2n) is 5.31. The maximum atomic E-state index is 12.1. The van der Waals surface area contributed by atoms with Crippen LogP contribution < -0.4 is 5.32 Å². The summed E-state index contributed by atoms with van der Waals surface area (Å²) >= 11 is 0. The van der Waals surface area contributed by atoms with Crippen LogP contribution in [0.15, 0.2) is 42.5 Å². The molecule has 0 amide bonds. The van der Waals surface area contributed by atoms with Crippen LogP contribution in [0.4, 0.5) is 0 Å². The van der Waals surface area contributed by atoms with Crippen molar-refractivity contribution in [3.63, 3.8) is 0 Å². The van der Waals surface area contributed by atoms with E-state index < -0.39 is 0 Å². The number of ketones is 1. The fraction of sp³-hybridized carbons (Fsp3) is 0.278. The number of Topliss-reactive ketones (excluding diaryl/α,β-unsaturated/α-hetero) is 1. The van der Waals surface area contributed by atoms with Crippen LogP contribution in [0.3, 0.4) is 0 Å².